The molecule has 1 atom stereocenters. The van der Waals surface area contributed by atoms with E-state index >= 15 is 0 Å². The van der Waals surface area contributed by atoms with Crippen molar-refractivity contribution in [1.29, 1.82) is 0 Å². The summed E-state index contributed by atoms with van der Waals surface area (Å²) >= 11 is 0. The molecule has 0 unspecified atom stereocenters. The maximum atomic E-state index is 13.6. The fourth-order valence-corrected chi connectivity index (χ4v) is 8.73. The molecule has 2 amide bonds. The van der Waals surface area contributed by atoms with E-state index in [0.717, 1.165) is 42.0 Å². The number of amidine groups is 1. The molecule has 1 N–H and O–H groups in total. The van der Waals surface area contributed by atoms with Gasteiger partial charge in [0.25, 0.3) is 5.91 Å². The molecule has 0 aromatic heterocycles. The van der Waals surface area contributed by atoms with Gasteiger partial charge in [-0.1, -0.05) is 62.8 Å². The highest BCUT2D eigenvalue weighted by Crippen LogP contribution is 2.56. The quantitative estimate of drug-likeness (QED) is 0.628. The number of amides is 2. The first-order valence-corrected chi connectivity index (χ1v) is 15.3. The molecular weight excluding hydrogens is 430 g/mol. The minimum Gasteiger partial charge on any atom is -0.367 e. The number of carbonyl (C=O) groups excluding carboxylic acids is 2. The molecule has 0 bridgehead atoms. The summed E-state index contributed by atoms with van der Waals surface area (Å²) in [6.07, 6.45) is 2.43. The van der Waals surface area contributed by atoms with Crippen LogP contribution in [0.3, 0.4) is 0 Å². The Kier molecular flexibility index (Phi) is 6.16. The van der Waals surface area contributed by atoms with Gasteiger partial charge in [-0.15, -0.1) is 0 Å². The van der Waals surface area contributed by atoms with Crippen molar-refractivity contribution in [3.8, 4) is 0 Å². The van der Waals surface area contributed by atoms with E-state index in [1.165, 1.54) is 0 Å². The number of aliphatic imine (C=N–C) groups is 1. The second-order valence-electron chi connectivity index (χ2n) is 10.8. The van der Waals surface area contributed by atoms with E-state index in [-0.39, 0.29) is 16.9 Å². The number of benzene rings is 1. The lowest BCUT2D eigenvalue weighted by atomic mass is 9.83. The SMILES string of the molecule is CC[Si](C)(C)C1(C(=O)NC2=NCC3=C2CN(C(=O)[C@H](OC)c2ccccc2)C3(C)C)CCC1. The Morgan fingerprint density at radius 3 is 2.42 bits per heavy atom. The van der Waals surface area contributed by atoms with Gasteiger partial charge < -0.3 is 15.0 Å². The van der Waals surface area contributed by atoms with Crippen LogP contribution in [0.2, 0.25) is 24.2 Å². The zero-order valence-corrected chi connectivity index (χ0v) is 21.8. The Morgan fingerprint density at radius 2 is 1.88 bits per heavy atom. The summed E-state index contributed by atoms with van der Waals surface area (Å²) in [4.78, 5) is 33.7. The number of carbonyl (C=O) groups is 2. The van der Waals surface area contributed by atoms with E-state index in [4.69, 9.17) is 9.73 Å². The third-order valence-corrected chi connectivity index (χ3v) is 13.7. The van der Waals surface area contributed by atoms with Gasteiger partial charge in [-0.3, -0.25) is 14.6 Å². The van der Waals surface area contributed by atoms with Crippen LogP contribution >= 0.6 is 0 Å². The smallest absolute Gasteiger partial charge is 0.257 e. The van der Waals surface area contributed by atoms with Gasteiger partial charge in [0.2, 0.25) is 5.91 Å². The molecule has 6 nitrogen and oxygen atoms in total. The van der Waals surface area contributed by atoms with Crippen LogP contribution in [0.5, 0.6) is 0 Å². The molecular formula is C26H37N3O3Si. The minimum absolute atomic E-state index is 0.0660. The number of hydrogen-bond acceptors (Lipinski definition) is 4. The maximum Gasteiger partial charge on any atom is 0.257 e. The largest absolute Gasteiger partial charge is 0.367 e. The maximum absolute atomic E-state index is 13.6. The first-order valence-electron chi connectivity index (χ1n) is 12.1. The van der Waals surface area contributed by atoms with Crippen LogP contribution in [0.4, 0.5) is 0 Å². The number of ether oxygens (including phenoxy) is 1. The summed E-state index contributed by atoms with van der Waals surface area (Å²) in [7, 11) is -0.120. The van der Waals surface area contributed by atoms with E-state index in [1.54, 1.807) is 7.11 Å². The van der Waals surface area contributed by atoms with Gasteiger partial charge in [0.05, 0.1) is 26.7 Å². The number of hydrogen-bond donors (Lipinski definition) is 1. The van der Waals surface area contributed by atoms with Crippen LogP contribution in [0.25, 0.3) is 0 Å². The molecule has 1 saturated carbocycles. The molecule has 1 aromatic carbocycles. The van der Waals surface area contributed by atoms with Gasteiger partial charge in [-0.25, -0.2) is 0 Å². The number of nitrogens with zero attached hydrogens (tertiary/aromatic N) is 2. The van der Waals surface area contributed by atoms with Crippen molar-refractivity contribution >= 4 is 25.7 Å². The number of nitrogens with one attached hydrogen (secondary N) is 1. The van der Waals surface area contributed by atoms with Crippen molar-refractivity contribution in [2.75, 3.05) is 20.2 Å². The van der Waals surface area contributed by atoms with E-state index in [1.807, 2.05) is 35.2 Å². The molecule has 178 valence electrons. The van der Waals surface area contributed by atoms with Crippen LogP contribution in [-0.2, 0) is 14.3 Å². The summed E-state index contributed by atoms with van der Waals surface area (Å²) < 4.78 is 5.63. The van der Waals surface area contributed by atoms with Crippen LogP contribution in [-0.4, -0.2) is 56.4 Å². The topological polar surface area (TPSA) is 71.0 Å². The van der Waals surface area contributed by atoms with Gasteiger partial charge in [-0.05, 0) is 37.8 Å². The molecule has 0 radical (unpaired) electrons. The average molecular weight is 468 g/mol. The highest BCUT2D eigenvalue weighted by Gasteiger charge is 2.56. The average Bonchev–Trinajstić information content (AvgIpc) is 3.26. The predicted octanol–water partition coefficient (Wildman–Crippen LogP) is 4.47. The minimum atomic E-state index is -1.69. The third kappa shape index (κ3) is 3.69. The van der Waals surface area contributed by atoms with Crippen molar-refractivity contribution in [2.45, 2.75) is 75.9 Å². The second-order valence-corrected chi connectivity index (χ2v) is 16.2. The van der Waals surface area contributed by atoms with Crippen LogP contribution in [0, 0.1) is 0 Å². The summed E-state index contributed by atoms with van der Waals surface area (Å²) in [6, 6.07) is 10.7. The third-order valence-electron chi connectivity index (χ3n) is 8.66. The van der Waals surface area contributed by atoms with Crippen molar-refractivity contribution in [3.05, 3.63) is 47.0 Å². The molecule has 0 saturated heterocycles. The summed E-state index contributed by atoms with van der Waals surface area (Å²) in [5.74, 6) is 0.740. The first kappa shape index (κ1) is 23.9. The van der Waals surface area contributed by atoms with E-state index < -0.39 is 19.7 Å². The Hall–Kier alpha value is -2.25. The lowest BCUT2D eigenvalue weighted by Crippen LogP contribution is -2.56. The molecule has 0 spiro atoms. The fraction of sp³-hybridized carbons (Fsp3) is 0.577. The van der Waals surface area contributed by atoms with Crippen molar-refractivity contribution in [2.24, 2.45) is 4.99 Å². The van der Waals surface area contributed by atoms with Gasteiger partial charge in [0, 0.05) is 17.7 Å². The molecule has 3 aliphatic rings. The van der Waals surface area contributed by atoms with Crippen molar-refractivity contribution in [1.82, 2.24) is 10.2 Å². The van der Waals surface area contributed by atoms with Crippen LogP contribution in [0.15, 0.2) is 46.5 Å². The van der Waals surface area contributed by atoms with Gasteiger partial charge in [0.15, 0.2) is 6.10 Å². The zero-order valence-electron chi connectivity index (χ0n) is 20.8. The number of methoxy groups -OCH3 is 1. The summed E-state index contributed by atoms with van der Waals surface area (Å²) in [5, 5.41) is 3.02. The molecule has 7 heteroatoms. The normalized spacial score (nSPS) is 21.9. The lowest BCUT2D eigenvalue weighted by Gasteiger charge is -2.50. The van der Waals surface area contributed by atoms with Crippen molar-refractivity contribution in [3.63, 3.8) is 0 Å². The molecule has 1 aliphatic carbocycles. The highest BCUT2D eigenvalue weighted by molar-refractivity contribution is 6.83. The zero-order chi connectivity index (χ0) is 24.0. The Labute approximate surface area is 198 Å². The second kappa shape index (κ2) is 8.51. The highest BCUT2D eigenvalue weighted by atomic mass is 28.3. The molecule has 2 heterocycles. The van der Waals surface area contributed by atoms with Crippen LogP contribution in [0.1, 0.15) is 51.7 Å². The molecule has 1 fully saturated rings. The predicted molar refractivity (Wildman–Crippen MR) is 134 cm³/mol. The molecule has 2 aliphatic heterocycles. The van der Waals surface area contributed by atoms with Crippen LogP contribution < -0.4 is 5.32 Å². The van der Waals surface area contributed by atoms with Gasteiger partial charge in [-0.2, -0.15) is 0 Å². The van der Waals surface area contributed by atoms with E-state index in [0.29, 0.717) is 18.9 Å². The van der Waals surface area contributed by atoms with Gasteiger partial charge >= 0.3 is 0 Å². The fourth-order valence-electron chi connectivity index (χ4n) is 5.67. The first-order chi connectivity index (χ1) is 15.6. The van der Waals surface area contributed by atoms with Crippen molar-refractivity contribution < 1.29 is 14.3 Å². The monoisotopic (exact) mass is 467 g/mol. The molecule has 1 aromatic rings. The van der Waals surface area contributed by atoms with Gasteiger partial charge in [0.1, 0.15) is 5.84 Å². The summed E-state index contributed by atoms with van der Waals surface area (Å²) in [6.45, 7) is 12.0. The Bertz CT molecular complexity index is 1010. The van der Waals surface area contributed by atoms with E-state index in [9.17, 15) is 9.59 Å². The molecule has 33 heavy (non-hydrogen) atoms. The Balaban J connectivity index is 1.54. The summed E-state index contributed by atoms with van der Waals surface area (Å²) in [5.41, 5.74) is 2.46. The lowest BCUT2D eigenvalue weighted by molar-refractivity contribution is -0.145. The standard InChI is InChI=1S/C26H37N3O3Si/c1-7-33(5,6)26(14-11-15-26)24(31)28-22-19-17-29(25(2,3)20(19)16-27-22)23(30)21(32-4)18-12-9-8-10-13-18/h8-10,12-13,21H,7,11,14-17H2,1-6H3,(H,27,28,31)/t21-/m1/s1. The Morgan fingerprint density at radius 1 is 1.21 bits per heavy atom. The number of rotatable bonds is 6. The van der Waals surface area contributed by atoms with E-state index in [2.05, 4.69) is 39.2 Å². The molecule has 4 rings (SSSR count).